The van der Waals surface area contributed by atoms with Gasteiger partial charge in [-0.25, -0.2) is 0 Å². The third kappa shape index (κ3) is 13.6. The molecule has 0 aromatic rings. The standard InChI is InChI=1S/C20H42N2O/c1-4-5-6-7-8-9-10-11-12-13-14-15-16-20(2,3)19(23)22-18-17-21/h4-18,21H2,1-3H3,(H,22,23). The van der Waals surface area contributed by atoms with Crippen LogP contribution in [0.4, 0.5) is 0 Å². The Kier molecular flexibility index (Phi) is 14.6. The van der Waals surface area contributed by atoms with Crippen LogP contribution in [-0.4, -0.2) is 19.0 Å². The molecule has 23 heavy (non-hydrogen) atoms. The normalized spacial score (nSPS) is 11.7. The van der Waals surface area contributed by atoms with Gasteiger partial charge < -0.3 is 11.1 Å². The van der Waals surface area contributed by atoms with Crippen molar-refractivity contribution >= 4 is 5.91 Å². The fourth-order valence-corrected chi connectivity index (χ4v) is 2.95. The molecule has 0 fully saturated rings. The average Bonchev–Trinajstić information content (AvgIpc) is 2.53. The summed E-state index contributed by atoms with van der Waals surface area (Å²) in [4.78, 5) is 12.0. The highest BCUT2D eigenvalue weighted by Gasteiger charge is 2.26. The van der Waals surface area contributed by atoms with Crippen molar-refractivity contribution in [3.05, 3.63) is 0 Å². The van der Waals surface area contributed by atoms with Gasteiger partial charge in [0.25, 0.3) is 0 Å². The topological polar surface area (TPSA) is 55.1 Å². The van der Waals surface area contributed by atoms with Crippen LogP contribution in [0.2, 0.25) is 0 Å². The number of hydrogen-bond donors (Lipinski definition) is 2. The molecule has 3 N–H and O–H groups in total. The summed E-state index contributed by atoms with van der Waals surface area (Å²) >= 11 is 0. The summed E-state index contributed by atoms with van der Waals surface area (Å²) in [5.41, 5.74) is 5.17. The lowest BCUT2D eigenvalue weighted by atomic mass is 9.85. The molecule has 0 rings (SSSR count). The van der Waals surface area contributed by atoms with Crippen LogP contribution in [0, 0.1) is 5.41 Å². The van der Waals surface area contributed by atoms with Gasteiger partial charge in [0.05, 0.1) is 0 Å². The predicted molar refractivity (Wildman–Crippen MR) is 102 cm³/mol. The van der Waals surface area contributed by atoms with Crippen molar-refractivity contribution in [1.82, 2.24) is 5.32 Å². The van der Waals surface area contributed by atoms with Crippen molar-refractivity contribution in [2.45, 2.75) is 104 Å². The van der Waals surface area contributed by atoms with E-state index in [2.05, 4.69) is 12.2 Å². The van der Waals surface area contributed by atoms with E-state index in [0.29, 0.717) is 13.1 Å². The summed E-state index contributed by atoms with van der Waals surface area (Å²) in [6, 6.07) is 0. The molecule has 3 nitrogen and oxygen atoms in total. The summed E-state index contributed by atoms with van der Waals surface area (Å²) < 4.78 is 0. The van der Waals surface area contributed by atoms with Crippen LogP contribution in [-0.2, 0) is 4.79 Å². The second-order valence-corrected chi connectivity index (χ2v) is 7.57. The molecular weight excluding hydrogens is 284 g/mol. The van der Waals surface area contributed by atoms with Crippen LogP contribution in [0.3, 0.4) is 0 Å². The first kappa shape index (κ1) is 22.4. The zero-order chi connectivity index (χ0) is 17.4. The second kappa shape index (κ2) is 15.0. The minimum atomic E-state index is -0.256. The summed E-state index contributed by atoms with van der Waals surface area (Å²) in [6.45, 7) is 7.45. The van der Waals surface area contributed by atoms with Gasteiger partial charge in [-0.15, -0.1) is 0 Å². The average molecular weight is 327 g/mol. The smallest absolute Gasteiger partial charge is 0.225 e. The third-order valence-corrected chi connectivity index (χ3v) is 4.70. The van der Waals surface area contributed by atoms with E-state index in [-0.39, 0.29) is 11.3 Å². The van der Waals surface area contributed by atoms with Gasteiger partial charge in [-0.1, -0.05) is 97.8 Å². The maximum atomic E-state index is 12.0. The third-order valence-electron chi connectivity index (χ3n) is 4.70. The van der Waals surface area contributed by atoms with Crippen LogP contribution in [0.25, 0.3) is 0 Å². The van der Waals surface area contributed by atoms with Gasteiger partial charge in [0.1, 0.15) is 0 Å². The zero-order valence-corrected chi connectivity index (χ0v) is 16.1. The highest BCUT2D eigenvalue weighted by molar-refractivity contribution is 5.81. The lowest BCUT2D eigenvalue weighted by Gasteiger charge is -2.23. The number of nitrogens with one attached hydrogen (secondary N) is 1. The number of carbonyl (C=O) groups is 1. The number of amides is 1. The Bertz CT molecular complexity index is 277. The van der Waals surface area contributed by atoms with E-state index in [1.54, 1.807) is 0 Å². The minimum absolute atomic E-state index is 0.144. The Morgan fingerprint density at radius 2 is 1.26 bits per heavy atom. The van der Waals surface area contributed by atoms with Gasteiger partial charge in [-0.05, 0) is 6.42 Å². The fraction of sp³-hybridized carbons (Fsp3) is 0.950. The van der Waals surface area contributed by atoms with Crippen molar-refractivity contribution in [1.29, 1.82) is 0 Å². The van der Waals surface area contributed by atoms with Gasteiger partial charge in [0.15, 0.2) is 0 Å². The van der Waals surface area contributed by atoms with Gasteiger partial charge >= 0.3 is 0 Å². The molecule has 0 heterocycles. The summed E-state index contributed by atoms with van der Waals surface area (Å²) in [6.07, 6.45) is 17.3. The van der Waals surface area contributed by atoms with Gasteiger partial charge in [0.2, 0.25) is 5.91 Å². The maximum Gasteiger partial charge on any atom is 0.225 e. The summed E-state index contributed by atoms with van der Waals surface area (Å²) in [5.74, 6) is 0.144. The summed E-state index contributed by atoms with van der Waals surface area (Å²) in [5, 5.41) is 2.90. The van der Waals surface area contributed by atoms with Crippen LogP contribution in [0.5, 0.6) is 0 Å². The molecule has 0 aliphatic rings. The largest absolute Gasteiger partial charge is 0.354 e. The number of carbonyl (C=O) groups excluding carboxylic acids is 1. The molecule has 0 bridgehead atoms. The van der Waals surface area contributed by atoms with Crippen molar-refractivity contribution in [3.63, 3.8) is 0 Å². The molecule has 1 amide bonds. The molecule has 0 atom stereocenters. The van der Waals surface area contributed by atoms with Crippen LogP contribution < -0.4 is 11.1 Å². The van der Waals surface area contributed by atoms with Crippen molar-refractivity contribution in [3.8, 4) is 0 Å². The Morgan fingerprint density at radius 3 is 1.70 bits per heavy atom. The Morgan fingerprint density at radius 1 is 0.826 bits per heavy atom. The first-order valence-corrected chi connectivity index (χ1v) is 10.0. The molecule has 0 saturated carbocycles. The summed E-state index contributed by atoms with van der Waals surface area (Å²) in [7, 11) is 0. The number of nitrogens with two attached hydrogens (primary N) is 1. The van der Waals surface area contributed by atoms with E-state index in [0.717, 1.165) is 12.8 Å². The van der Waals surface area contributed by atoms with Gasteiger partial charge in [-0.2, -0.15) is 0 Å². The van der Waals surface area contributed by atoms with E-state index in [1.165, 1.54) is 70.6 Å². The second-order valence-electron chi connectivity index (χ2n) is 7.57. The van der Waals surface area contributed by atoms with E-state index in [1.807, 2.05) is 13.8 Å². The first-order chi connectivity index (χ1) is 11.0. The van der Waals surface area contributed by atoms with E-state index in [4.69, 9.17) is 5.73 Å². The highest BCUT2D eigenvalue weighted by Crippen LogP contribution is 2.24. The molecule has 0 unspecified atom stereocenters. The van der Waals surface area contributed by atoms with E-state index in [9.17, 15) is 4.79 Å². The van der Waals surface area contributed by atoms with Gasteiger partial charge in [0, 0.05) is 18.5 Å². The number of hydrogen-bond acceptors (Lipinski definition) is 2. The monoisotopic (exact) mass is 326 g/mol. The molecular formula is C20H42N2O. The fourth-order valence-electron chi connectivity index (χ4n) is 2.95. The van der Waals surface area contributed by atoms with Crippen molar-refractivity contribution < 1.29 is 4.79 Å². The lowest BCUT2D eigenvalue weighted by Crippen LogP contribution is -2.39. The molecule has 3 heteroatoms. The zero-order valence-electron chi connectivity index (χ0n) is 16.1. The minimum Gasteiger partial charge on any atom is -0.354 e. The molecule has 0 saturated heterocycles. The molecule has 138 valence electrons. The SMILES string of the molecule is CCCCCCCCCCCCCCC(C)(C)C(=O)NCCN. The number of rotatable bonds is 16. The maximum absolute atomic E-state index is 12.0. The van der Waals surface area contributed by atoms with Crippen LogP contribution in [0.1, 0.15) is 104 Å². The van der Waals surface area contributed by atoms with Crippen LogP contribution >= 0.6 is 0 Å². The van der Waals surface area contributed by atoms with E-state index < -0.39 is 0 Å². The van der Waals surface area contributed by atoms with E-state index >= 15 is 0 Å². The predicted octanol–water partition coefficient (Wildman–Crippen LogP) is 5.18. The van der Waals surface area contributed by atoms with Crippen molar-refractivity contribution in [2.75, 3.05) is 13.1 Å². The highest BCUT2D eigenvalue weighted by atomic mass is 16.2. The van der Waals surface area contributed by atoms with Crippen molar-refractivity contribution in [2.24, 2.45) is 11.1 Å². The first-order valence-electron chi connectivity index (χ1n) is 10.0. The number of unbranched alkanes of at least 4 members (excludes halogenated alkanes) is 11. The van der Waals surface area contributed by atoms with Crippen LogP contribution in [0.15, 0.2) is 0 Å². The Balaban J connectivity index is 3.39. The quantitative estimate of drug-likeness (QED) is 0.384. The molecule has 0 aliphatic heterocycles. The Labute approximate surface area is 145 Å². The molecule has 0 aromatic heterocycles. The molecule has 0 aromatic carbocycles. The Hall–Kier alpha value is -0.570. The molecule has 0 spiro atoms. The lowest BCUT2D eigenvalue weighted by molar-refractivity contribution is -0.129. The molecule has 0 aliphatic carbocycles. The van der Waals surface area contributed by atoms with Gasteiger partial charge in [-0.3, -0.25) is 4.79 Å². The molecule has 0 radical (unpaired) electrons.